The van der Waals surface area contributed by atoms with Crippen LogP contribution in [0.25, 0.3) is 11.4 Å². The van der Waals surface area contributed by atoms with Crippen molar-refractivity contribution in [2.24, 2.45) is 0 Å². The topological polar surface area (TPSA) is 52.8 Å². The van der Waals surface area contributed by atoms with Crippen molar-refractivity contribution in [1.29, 1.82) is 0 Å². The standard InChI is InChI=1S/C18H20N4O/c1-14(23-2)18-20-17(16-8-11-19-12-9-16)21-22(18)13-10-15-6-4-3-5-7-15/h3-9,11-12,14H,10,13H2,1-2H3/t14-/m1/s1. The average Bonchev–Trinajstić information content (AvgIpc) is 3.05. The number of hydrogen-bond acceptors (Lipinski definition) is 4. The summed E-state index contributed by atoms with van der Waals surface area (Å²) in [5, 5.41) is 4.66. The third kappa shape index (κ3) is 3.63. The van der Waals surface area contributed by atoms with Gasteiger partial charge in [-0.15, -0.1) is 0 Å². The van der Waals surface area contributed by atoms with Crippen LogP contribution in [-0.4, -0.2) is 26.9 Å². The summed E-state index contributed by atoms with van der Waals surface area (Å²) in [4.78, 5) is 8.70. The van der Waals surface area contributed by atoms with E-state index in [0.717, 1.165) is 24.4 Å². The molecule has 0 radical (unpaired) electrons. The molecular formula is C18H20N4O. The van der Waals surface area contributed by atoms with Crippen LogP contribution in [0.4, 0.5) is 0 Å². The molecule has 1 aromatic carbocycles. The fourth-order valence-corrected chi connectivity index (χ4v) is 2.43. The van der Waals surface area contributed by atoms with Crippen LogP contribution in [0.5, 0.6) is 0 Å². The lowest BCUT2D eigenvalue weighted by molar-refractivity contribution is 0.107. The zero-order valence-electron chi connectivity index (χ0n) is 13.4. The summed E-state index contributed by atoms with van der Waals surface area (Å²) in [5.74, 6) is 1.55. The zero-order valence-corrected chi connectivity index (χ0v) is 13.4. The number of methoxy groups -OCH3 is 1. The largest absolute Gasteiger partial charge is 0.374 e. The van der Waals surface area contributed by atoms with Crippen LogP contribution in [0.15, 0.2) is 54.9 Å². The maximum absolute atomic E-state index is 5.44. The summed E-state index contributed by atoms with van der Waals surface area (Å²) >= 11 is 0. The average molecular weight is 308 g/mol. The highest BCUT2D eigenvalue weighted by atomic mass is 16.5. The van der Waals surface area contributed by atoms with Gasteiger partial charge in [0.15, 0.2) is 11.6 Å². The van der Waals surface area contributed by atoms with Crippen molar-refractivity contribution in [3.8, 4) is 11.4 Å². The molecule has 118 valence electrons. The van der Waals surface area contributed by atoms with Crippen molar-refractivity contribution in [3.63, 3.8) is 0 Å². The normalized spacial score (nSPS) is 12.3. The van der Waals surface area contributed by atoms with E-state index in [-0.39, 0.29) is 6.10 Å². The highest BCUT2D eigenvalue weighted by molar-refractivity contribution is 5.53. The Bertz CT molecular complexity index is 740. The van der Waals surface area contributed by atoms with Gasteiger partial charge in [-0.05, 0) is 31.0 Å². The summed E-state index contributed by atoms with van der Waals surface area (Å²) < 4.78 is 7.38. The fourth-order valence-electron chi connectivity index (χ4n) is 2.43. The Morgan fingerprint density at radius 2 is 1.83 bits per heavy atom. The zero-order chi connectivity index (χ0) is 16.1. The predicted molar refractivity (Wildman–Crippen MR) is 88.8 cm³/mol. The van der Waals surface area contributed by atoms with Gasteiger partial charge in [0.2, 0.25) is 0 Å². The second-order valence-corrected chi connectivity index (χ2v) is 5.37. The Kier molecular flexibility index (Phi) is 4.78. The fraction of sp³-hybridized carbons (Fsp3) is 0.278. The van der Waals surface area contributed by atoms with Crippen molar-refractivity contribution < 1.29 is 4.74 Å². The van der Waals surface area contributed by atoms with Gasteiger partial charge in [0.1, 0.15) is 6.10 Å². The van der Waals surface area contributed by atoms with Crippen LogP contribution < -0.4 is 0 Å². The predicted octanol–water partition coefficient (Wildman–Crippen LogP) is 3.29. The number of aryl methyl sites for hydroxylation is 2. The minimum absolute atomic E-state index is 0.103. The molecule has 0 fully saturated rings. The van der Waals surface area contributed by atoms with Gasteiger partial charge in [-0.2, -0.15) is 5.10 Å². The quantitative estimate of drug-likeness (QED) is 0.701. The first kappa shape index (κ1) is 15.4. The minimum atomic E-state index is -0.103. The molecule has 0 saturated carbocycles. The number of ether oxygens (including phenoxy) is 1. The molecule has 0 saturated heterocycles. The Morgan fingerprint density at radius 3 is 2.52 bits per heavy atom. The van der Waals surface area contributed by atoms with E-state index < -0.39 is 0 Å². The molecule has 1 atom stereocenters. The van der Waals surface area contributed by atoms with E-state index >= 15 is 0 Å². The van der Waals surface area contributed by atoms with E-state index in [1.165, 1.54) is 5.56 Å². The maximum atomic E-state index is 5.44. The first-order chi connectivity index (χ1) is 11.3. The third-order valence-electron chi connectivity index (χ3n) is 3.81. The van der Waals surface area contributed by atoms with E-state index in [1.54, 1.807) is 19.5 Å². The van der Waals surface area contributed by atoms with Crippen molar-refractivity contribution in [1.82, 2.24) is 19.7 Å². The van der Waals surface area contributed by atoms with Crippen LogP contribution in [0.2, 0.25) is 0 Å². The summed E-state index contributed by atoms with van der Waals surface area (Å²) in [7, 11) is 1.69. The molecule has 5 heteroatoms. The summed E-state index contributed by atoms with van der Waals surface area (Å²) in [5.41, 5.74) is 2.24. The van der Waals surface area contributed by atoms with E-state index in [0.29, 0.717) is 5.82 Å². The Morgan fingerprint density at radius 1 is 1.09 bits per heavy atom. The molecule has 0 spiro atoms. The number of hydrogen-bond donors (Lipinski definition) is 0. The number of benzene rings is 1. The van der Waals surface area contributed by atoms with Gasteiger partial charge in [0.05, 0.1) is 0 Å². The van der Waals surface area contributed by atoms with Gasteiger partial charge in [0.25, 0.3) is 0 Å². The van der Waals surface area contributed by atoms with Crippen LogP contribution in [-0.2, 0) is 17.7 Å². The second kappa shape index (κ2) is 7.15. The molecule has 0 N–H and O–H groups in total. The smallest absolute Gasteiger partial charge is 0.181 e. The molecule has 0 bridgehead atoms. The lowest BCUT2D eigenvalue weighted by Gasteiger charge is -2.10. The lowest BCUT2D eigenvalue weighted by atomic mass is 10.1. The van der Waals surface area contributed by atoms with Crippen LogP contribution in [0, 0.1) is 0 Å². The van der Waals surface area contributed by atoms with Gasteiger partial charge in [-0.25, -0.2) is 9.67 Å². The van der Waals surface area contributed by atoms with Gasteiger partial charge in [-0.3, -0.25) is 4.98 Å². The van der Waals surface area contributed by atoms with Gasteiger partial charge >= 0.3 is 0 Å². The molecule has 23 heavy (non-hydrogen) atoms. The van der Waals surface area contributed by atoms with Crippen LogP contribution >= 0.6 is 0 Å². The molecule has 0 unspecified atom stereocenters. The molecule has 3 aromatic rings. The number of pyridine rings is 1. The molecule has 0 aliphatic carbocycles. The lowest BCUT2D eigenvalue weighted by Crippen LogP contribution is -2.11. The van der Waals surface area contributed by atoms with Crippen LogP contribution in [0.3, 0.4) is 0 Å². The highest BCUT2D eigenvalue weighted by Gasteiger charge is 2.16. The molecule has 0 aliphatic rings. The maximum Gasteiger partial charge on any atom is 0.181 e. The van der Waals surface area contributed by atoms with Crippen molar-refractivity contribution >= 4 is 0 Å². The summed E-state index contributed by atoms with van der Waals surface area (Å²) in [6, 6.07) is 14.2. The Labute approximate surface area is 136 Å². The van der Waals surface area contributed by atoms with Crippen LogP contribution in [0.1, 0.15) is 24.4 Å². The number of nitrogens with zero attached hydrogens (tertiary/aromatic N) is 4. The minimum Gasteiger partial charge on any atom is -0.374 e. The van der Waals surface area contributed by atoms with E-state index in [2.05, 4.69) is 39.3 Å². The molecule has 5 nitrogen and oxygen atoms in total. The first-order valence-electron chi connectivity index (χ1n) is 7.70. The Hall–Kier alpha value is -2.53. The van der Waals surface area contributed by atoms with Crippen molar-refractivity contribution in [2.45, 2.75) is 26.0 Å². The molecular weight excluding hydrogens is 288 g/mol. The van der Waals surface area contributed by atoms with Gasteiger partial charge in [0, 0.05) is 31.6 Å². The summed E-state index contributed by atoms with van der Waals surface area (Å²) in [6.45, 7) is 2.75. The Balaban J connectivity index is 1.87. The summed E-state index contributed by atoms with van der Waals surface area (Å²) in [6.07, 6.45) is 4.30. The molecule has 3 rings (SSSR count). The monoisotopic (exact) mass is 308 g/mol. The SMILES string of the molecule is CO[C@H](C)c1nc(-c2ccncc2)nn1CCc1ccccc1. The van der Waals surface area contributed by atoms with Crippen molar-refractivity contribution in [3.05, 3.63) is 66.2 Å². The molecule has 2 heterocycles. The number of rotatable bonds is 6. The highest BCUT2D eigenvalue weighted by Crippen LogP contribution is 2.20. The third-order valence-corrected chi connectivity index (χ3v) is 3.81. The molecule has 0 aliphatic heterocycles. The molecule has 2 aromatic heterocycles. The number of aromatic nitrogens is 4. The van der Waals surface area contributed by atoms with E-state index in [4.69, 9.17) is 4.74 Å². The first-order valence-corrected chi connectivity index (χ1v) is 7.70. The van der Waals surface area contributed by atoms with Crippen molar-refractivity contribution in [2.75, 3.05) is 7.11 Å². The molecule has 0 amide bonds. The second-order valence-electron chi connectivity index (χ2n) is 5.37. The van der Waals surface area contributed by atoms with Gasteiger partial charge in [-0.1, -0.05) is 30.3 Å². The van der Waals surface area contributed by atoms with E-state index in [1.807, 2.05) is 29.8 Å². The van der Waals surface area contributed by atoms with Gasteiger partial charge < -0.3 is 4.74 Å². The van der Waals surface area contributed by atoms with E-state index in [9.17, 15) is 0 Å².